The molecule has 1 aliphatic rings. The Bertz CT molecular complexity index is 738. The second-order valence-corrected chi connectivity index (χ2v) is 5.37. The Labute approximate surface area is 139 Å². The largest absolute Gasteiger partial charge is 0.508 e. The van der Waals surface area contributed by atoms with Crippen molar-refractivity contribution in [2.24, 2.45) is 0 Å². The van der Waals surface area contributed by atoms with Crippen molar-refractivity contribution in [3.63, 3.8) is 0 Å². The molecule has 0 aromatic heterocycles. The van der Waals surface area contributed by atoms with Crippen LogP contribution in [-0.4, -0.2) is 32.1 Å². The van der Waals surface area contributed by atoms with E-state index >= 15 is 0 Å². The van der Waals surface area contributed by atoms with Gasteiger partial charge < -0.3 is 24.1 Å². The lowest BCUT2D eigenvalue weighted by molar-refractivity contribution is -0.140. The minimum atomic E-state index is -0.377. The molecule has 1 atom stereocenters. The predicted molar refractivity (Wildman–Crippen MR) is 85.7 cm³/mol. The van der Waals surface area contributed by atoms with Crippen molar-refractivity contribution in [2.45, 2.75) is 12.3 Å². The van der Waals surface area contributed by atoms with E-state index in [2.05, 4.69) is 0 Å². The number of phenolic OH excluding ortho intramolecular Hbond substituents is 1. The summed E-state index contributed by atoms with van der Waals surface area (Å²) in [5.74, 6) is 1.05. The molecule has 1 heterocycles. The first-order chi connectivity index (χ1) is 11.6. The molecule has 24 heavy (non-hydrogen) atoms. The fourth-order valence-corrected chi connectivity index (χ4v) is 2.72. The number of carbonyl (C=O) groups is 1. The predicted octanol–water partition coefficient (Wildman–Crippen LogP) is 2.82. The first-order valence-electron chi connectivity index (χ1n) is 7.45. The lowest BCUT2D eigenvalue weighted by Crippen LogP contribution is -2.10. The van der Waals surface area contributed by atoms with Crippen LogP contribution in [0.4, 0.5) is 0 Å². The summed E-state index contributed by atoms with van der Waals surface area (Å²) in [6.45, 7) is 0.114. The Kier molecular flexibility index (Phi) is 4.46. The number of phenols is 1. The molecule has 2 aromatic carbocycles. The number of ether oxygens (including phenoxy) is 4. The van der Waals surface area contributed by atoms with Gasteiger partial charge in [0, 0.05) is 17.5 Å². The molecule has 1 unspecified atom stereocenters. The summed E-state index contributed by atoms with van der Waals surface area (Å²) in [5, 5.41) is 10.4. The second kappa shape index (κ2) is 6.70. The van der Waals surface area contributed by atoms with Crippen LogP contribution in [0.1, 0.15) is 23.5 Å². The van der Waals surface area contributed by atoms with E-state index < -0.39 is 0 Å². The maximum atomic E-state index is 11.9. The fourth-order valence-electron chi connectivity index (χ4n) is 2.72. The highest BCUT2D eigenvalue weighted by molar-refractivity contribution is 5.72. The summed E-state index contributed by atoms with van der Waals surface area (Å²) in [6, 6.07) is 10.5. The molecule has 0 saturated heterocycles. The van der Waals surface area contributed by atoms with Crippen molar-refractivity contribution in [3.05, 3.63) is 47.5 Å². The Morgan fingerprint density at radius 3 is 2.46 bits per heavy atom. The first kappa shape index (κ1) is 16.0. The van der Waals surface area contributed by atoms with Crippen LogP contribution in [0.5, 0.6) is 23.0 Å². The number of benzene rings is 2. The van der Waals surface area contributed by atoms with Gasteiger partial charge in [0.25, 0.3) is 0 Å². The monoisotopic (exact) mass is 330 g/mol. The molecular formula is C18H18O6. The molecule has 0 spiro atoms. The van der Waals surface area contributed by atoms with Gasteiger partial charge in [-0.2, -0.15) is 0 Å². The molecule has 0 bridgehead atoms. The molecular weight excluding hydrogens is 312 g/mol. The zero-order chi connectivity index (χ0) is 17.1. The number of esters is 1. The fraction of sp³-hybridized carbons (Fsp3) is 0.278. The highest BCUT2D eigenvalue weighted by Gasteiger charge is 2.25. The molecule has 1 aliphatic heterocycles. The maximum Gasteiger partial charge on any atom is 0.306 e. The van der Waals surface area contributed by atoms with Crippen molar-refractivity contribution in [1.29, 1.82) is 0 Å². The van der Waals surface area contributed by atoms with Crippen molar-refractivity contribution in [1.82, 2.24) is 0 Å². The van der Waals surface area contributed by atoms with Gasteiger partial charge in [0.2, 0.25) is 6.79 Å². The number of methoxy groups -OCH3 is 2. The van der Waals surface area contributed by atoms with Gasteiger partial charge in [0.1, 0.15) is 11.5 Å². The van der Waals surface area contributed by atoms with Crippen LogP contribution >= 0.6 is 0 Å². The Balaban J connectivity index is 2.02. The van der Waals surface area contributed by atoms with Crippen LogP contribution in [0.25, 0.3) is 0 Å². The first-order valence-corrected chi connectivity index (χ1v) is 7.45. The highest BCUT2D eigenvalue weighted by atomic mass is 16.7. The van der Waals surface area contributed by atoms with Crippen molar-refractivity contribution in [2.75, 3.05) is 21.0 Å². The smallest absolute Gasteiger partial charge is 0.306 e. The van der Waals surface area contributed by atoms with E-state index in [4.69, 9.17) is 18.9 Å². The van der Waals surface area contributed by atoms with Crippen LogP contribution in [0.3, 0.4) is 0 Å². The average molecular weight is 330 g/mol. The van der Waals surface area contributed by atoms with E-state index in [1.165, 1.54) is 13.2 Å². The standard InChI is InChI=1S/C18H18O6/c1-21-12-5-3-11(4-6-12)13(8-18(20)22-2)14-7-16-17(9-15(14)19)24-10-23-16/h3-7,9,13,19H,8,10H2,1-2H3. The molecule has 126 valence electrons. The maximum absolute atomic E-state index is 11.9. The zero-order valence-corrected chi connectivity index (χ0v) is 13.4. The third-order valence-corrected chi connectivity index (χ3v) is 4.01. The summed E-state index contributed by atoms with van der Waals surface area (Å²) in [4.78, 5) is 11.9. The van der Waals surface area contributed by atoms with Crippen LogP contribution < -0.4 is 14.2 Å². The van der Waals surface area contributed by atoms with E-state index in [1.54, 1.807) is 13.2 Å². The van der Waals surface area contributed by atoms with Crippen LogP contribution in [0.15, 0.2) is 36.4 Å². The summed E-state index contributed by atoms with van der Waals surface area (Å²) in [5.41, 5.74) is 1.44. The van der Waals surface area contributed by atoms with E-state index in [0.29, 0.717) is 22.8 Å². The van der Waals surface area contributed by atoms with Gasteiger partial charge in [0.15, 0.2) is 11.5 Å². The molecule has 0 aliphatic carbocycles. The van der Waals surface area contributed by atoms with Crippen LogP contribution in [0.2, 0.25) is 0 Å². The van der Waals surface area contributed by atoms with Gasteiger partial charge in [-0.3, -0.25) is 4.79 Å². The van der Waals surface area contributed by atoms with Crippen LogP contribution in [-0.2, 0) is 9.53 Å². The molecule has 0 radical (unpaired) electrons. The quantitative estimate of drug-likeness (QED) is 0.850. The minimum absolute atomic E-state index is 0.0453. The third-order valence-electron chi connectivity index (χ3n) is 4.01. The van der Waals surface area contributed by atoms with E-state index in [1.807, 2.05) is 24.3 Å². The summed E-state index contributed by atoms with van der Waals surface area (Å²) < 4.78 is 20.6. The lowest BCUT2D eigenvalue weighted by atomic mass is 9.87. The third kappa shape index (κ3) is 3.08. The van der Waals surface area contributed by atoms with Gasteiger partial charge in [0.05, 0.1) is 20.6 Å². The molecule has 6 nitrogen and oxygen atoms in total. The Morgan fingerprint density at radius 2 is 1.83 bits per heavy atom. The molecule has 3 rings (SSSR count). The van der Waals surface area contributed by atoms with Crippen LogP contribution in [0, 0.1) is 0 Å². The summed E-state index contributed by atoms with van der Waals surface area (Å²) >= 11 is 0. The van der Waals surface area contributed by atoms with Crippen molar-refractivity contribution >= 4 is 5.97 Å². The number of carbonyl (C=O) groups excluding carboxylic acids is 1. The zero-order valence-electron chi connectivity index (χ0n) is 13.4. The lowest BCUT2D eigenvalue weighted by Gasteiger charge is -2.19. The summed E-state index contributed by atoms with van der Waals surface area (Å²) in [6.07, 6.45) is 0.0933. The van der Waals surface area contributed by atoms with E-state index in [0.717, 1.165) is 5.56 Å². The topological polar surface area (TPSA) is 74.2 Å². The Morgan fingerprint density at radius 1 is 1.17 bits per heavy atom. The normalized spacial score (nSPS) is 13.4. The molecule has 1 N–H and O–H groups in total. The van der Waals surface area contributed by atoms with Gasteiger partial charge in [-0.25, -0.2) is 0 Å². The molecule has 0 fully saturated rings. The summed E-state index contributed by atoms with van der Waals surface area (Å²) in [7, 11) is 2.93. The Hall–Kier alpha value is -2.89. The number of aromatic hydroxyl groups is 1. The molecule has 6 heteroatoms. The molecule has 0 saturated carbocycles. The minimum Gasteiger partial charge on any atom is -0.508 e. The van der Waals surface area contributed by atoms with E-state index in [9.17, 15) is 9.90 Å². The van der Waals surface area contributed by atoms with Crippen molar-refractivity contribution < 1.29 is 28.8 Å². The average Bonchev–Trinajstić information content (AvgIpc) is 3.06. The van der Waals surface area contributed by atoms with Crippen molar-refractivity contribution in [3.8, 4) is 23.0 Å². The van der Waals surface area contributed by atoms with Gasteiger partial charge in [-0.05, 0) is 23.8 Å². The van der Waals surface area contributed by atoms with Gasteiger partial charge in [-0.1, -0.05) is 12.1 Å². The highest BCUT2D eigenvalue weighted by Crippen LogP contribution is 2.43. The number of fused-ring (bicyclic) bond motifs is 1. The van der Waals surface area contributed by atoms with E-state index in [-0.39, 0.29) is 30.9 Å². The number of hydrogen-bond donors (Lipinski definition) is 1. The molecule has 0 amide bonds. The number of hydrogen-bond acceptors (Lipinski definition) is 6. The number of rotatable bonds is 5. The van der Waals surface area contributed by atoms with Gasteiger partial charge >= 0.3 is 5.97 Å². The van der Waals surface area contributed by atoms with Gasteiger partial charge in [-0.15, -0.1) is 0 Å². The SMILES string of the molecule is COC(=O)CC(c1ccc(OC)cc1)c1cc2c(cc1O)OCO2. The second-order valence-electron chi connectivity index (χ2n) is 5.37. The molecule has 2 aromatic rings.